The van der Waals surface area contributed by atoms with Gasteiger partial charge in [-0.1, -0.05) is 73.3 Å². The highest BCUT2D eigenvalue weighted by atomic mass is 127. The number of rotatable bonds is 8. The van der Waals surface area contributed by atoms with Crippen LogP contribution in [0.3, 0.4) is 0 Å². The number of methoxy groups -OCH3 is 1. The van der Waals surface area contributed by atoms with Crippen molar-refractivity contribution in [2.24, 2.45) is 4.99 Å². The van der Waals surface area contributed by atoms with E-state index in [9.17, 15) is 4.79 Å². The topological polar surface area (TPSA) is 63.2 Å². The van der Waals surface area contributed by atoms with Gasteiger partial charge in [0.2, 0.25) is 0 Å². The van der Waals surface area contributed by atoms with E-state index in [1.165, 1.54) is 39.7 Å². The standard InChI is InChI=1S/C38H34IN3O3S/c1-3-18-45-36-32(39)19-24(20-33(36)44-2)21-34-37(43)41-38(46-34)40-27-22-30-28(25-10-6-4-7-11-25)14-16-42-17-15-29(31(23-27)35(30)42)26-12-8-5-9-13-26/h3-13,19-23,28-29H,1,14-18H2,2H3,(H,40,41,43)/b34-21-/t28-,29+. The van der Waals surface area contributed by atoms with Crippen LogP contribution in [-0.4, -0.2) is 37.9 Å². The molecule has 2 atom stereocenters. The van der Waals surface area contributed by atoms with Gasteiger partial charge in [-0.05, 0) is 105 Å². The van der Waals surface area contributed by atoms with Gasteiger partial charge in [0, 0.05) is 30.6 Å². The summed E-state index contributed by atoms with van der Waals surface area (Å²) in [6.07, 6.45) is 5.69. The summed E-state index contributed by atoms with van der Waals surface area (Å²) in [6, 6.07) is 30.0. The third kappa shape index (κ3) is 6.08. The van der Waals surface area contributed by atoms with Gasteiger partial charge in [-0.2, -0.15) is 0 Å². The average Bonchev–Trinajstić information content (AvgIpc) is 3.42. The van der Waals surface area contributed by atoms with E-state index in [4.69, 9.17) is 14.5 Å². The predicted molar refractivity (Wildman–Crippen MR) is 197 cm³/mol. The fraction of sp³-hybridized carbons (Fsp3) is 0.211. The summed E-state index contributed by atoms with van der Waals surface area (Å²) in [4.78, 5) is 21.3. The first-order valence-electron chi connectivity index (χ1n) is 15.5. The van der Waals surface area contributed by atoms with Gasteiger partial charge in [0.1, 0.15) is 6.61 Å². The van der Waals surface area contributed by atoms with Gasteiger partial charge in [-0.15, -0.1) is 0 Å². The molecule has 1 amide bonds. The van der Waals surface area contributed by atoms with Crippen molar-refractivity contribution in [3.8, 4) is 11.5 Å². The molecule has 0 aromatic heterocycles. The lowest BCUT2D eigenvalue weighted by Gasteiger charge is -2.43. The van der Waals surface area contributed by atoms with Crippen LogP contribution in [0.2, 0.25) is 0 Å². The van der Waals surface area contributed by atoms with Crippen molar-refractivity contribution in [2.45, 2.75) is 24.7 Å². The molecule has 0 spiro atoms. The molecule has 232 valence electrons. The Kier molecular flexibility index (Phi) is 8.90. The average molecular weight is 740 g/mol. The quantitative estimate of drug-likeness (QED) is 0.111. The molecule has 7 rings (SSSR count). The molecule has 1 saturated heterocycles. The van der Waals surface area contributed by atoms with Crippen molar-refractivity contribution in [2.75, 3.05) is 31.7 Å². The first-order valence-corrected chi connectivity index (χ1v) is 17.4. The minimum atomic E-state index is -0.167. The number of nitrogens with zero attached hydrogens (tertiary/aromatic N) is 2. The molecule has 8 heteroatoms. The number of aliphatic imine (C=N–C) groups is 1. The highest BCUT2D eigenvalue weighted by Gasteiger charge is 2.35. The number of carbonyl (C=O) groups excluding carboxylic acids is 1. The van der Waals surface area contributed by atoms with Crippen LogP contribution >= 0.6 is 34.4 Å². The lowest BCUT2D eigenvalue weighted by molar-refractivity contribution is -0.115. The minimum Gasteiger partial charge on any atom is -0.493 e. The number of thioether (sulfide) groups is 1. The SMILES string of the molecule is C=CCOc1c(I)cc(/C=C2\SC(=Nc3cc4c5c(c3)[C@H](c3ccccc3)CCN5CC[C@@H]4c3ccccc3)NC2=O)cc1OC. The number of halogens is 1. The fourth-order valence-electron chi connectivity index (χ4n) is 6.76. The van der Waals surface area contributed by atoms with E-state index in [0.717, 1.165) is 40.8 Å². The van der Waals surface area contributed by atoms with Gasteiger partial charge >= 0.3 is 0 Å². The van der Waals surface area contributed by atoms with Crippen LogP contribution in [0.1, 0.15) is 52.5 Å². The van der Waals surface area contributed by atoms with E-state index < -0.39 is 0 Å². The summed E-state index contributed by atoms with van der Waals surface area (Å²) in [5.41, 5.74) is 8.37. The lowest BCUT2D eigenvalue weighted by atomic mass is 9.76. The molecule has 3 aliphatic heterocycles. The van der Waals surface area contributed by atoms with E-state index in [1.54, 1.807) is 13.2 Å². The monoisotopic (exact) mass is 739 g/mol. The van der Waals surface area contributed by atoms with Crippen molar-refractivity contribution < 1.29 is 14.3 Å². The number of amides is 1. The largest absolute Gasteiger partial charge is 0.493 e. The molecule has 1 N–H and O–H groups in total. The molecule has 0 aliphatic carbocycles. The lowest BCUT2D eigenvalue weighted by Crippen LogP contribution is -2.37. The molecule has 0 saturated carbocycles. The second-order valence-corrected chi connectivity index (χ2v) is 13.8. The number of hydrogen-bond donors (Lipinski definition) is 1. The van der Waals surface area contributed by atoms with Crippen molar-refractivity contribution in [3.63, 3.8) is 0 Å². The Morgan fingerprint density at radius 2 is 1.61 bits per heavy atom. The maximum atomic E-state index is 13.2. The summed E-state index contributed by atoms with van der Waals surface area (Å²) in [7, 11) is 1.61. The molecule has 0 radical (unpaired) electrons. The summed E-state index contributed by atoms with van der Waals surface area (Å²) in [5, 5.41) is 3.58. The molecule has 0 bridgehead atoms. The number of ether oxygens (including phenoxy) is 2. The normalized spacial score (nSPS) is 20.4. The number of hydrogen-bond acceptors (Lipinski definition) is 6. The molecular weight excluding hydrogens is 705 g/mol. The molecule has 3 heterocycles. The molecule has 3 aliphatic rings. The second-order valence-electron chi connectivity index (χ2n) is 11.6. The Bertz CT molecular complexity index is 1790. The van der Waals surface area contributed by atoms with E-state index in [-0.39, 0.29) is 17.7 Å². The maximum Gasteiger partial charge on any atom is 0.264 e. The first-order chi connectivity index (χ1) is 22.5. The second kappa shape index (κ2) is 13.4. The number of amidine groups is 1. The summed E-state index contributed by atoms with van der Waals surface area (Å²) in [6.45, 7) is 6.19. The number of carbonyl (C=O) groups is 1. The molecule has 4 aromatic carbocycles. The van der Waals surface area contributed by atoms with E-state index >= 15 is 0 Å². The Hall–Kier alpha value is -4.02. The van der Waals surface area contributed by atoms with Crippen LogP contribution in [0.25, 0.3) is 6.08 Å². The Labute approximate surface area is 287 Å². The molecule has 0 unspecified atom stereocenters. The van der Waals surface area contributed by atoms with Crippen LogP contribution < -0.4 is 19.7 Å². The van der Waals surface area contributed by atoms with Gasteiger partial charge in [0.15, 0.2) is 16.7 Å². The van der Waals surface area contributed by atoms with Gasteiger partial charge in [-0.3, -0.25) is 4.79 Å². The summed E-state index contributed by atoms with van der Waals surface area (Å²) >= 11 is 3.58. The zero-order valence-electron chi connectivity index (χ0n) is 25.5. The van der Waals surface area contributed by atoms with Gasteiger partial charge < -0.3 is 19.7 Å². The van der Waals surface area contributed by atoms with E-state index in [0.29, 0.717) is 28.2 Å². The van der Waals surface area contributed by atoms with E-state index in [2.05, 4.69) is 112 Å². The van der Waals surface area contributed by atoms with Gasteiger partial charge in [0.05, 0.1) is 21.3 Å². The van der Waals surface area contributed by atoms with Crippen LogP contribution in [0.4, 0.5) is 11.4 Å². The van der Waals surface area contributed by atoms with Crippen LogP contribution in [-0.2, 0) is 4.79 Å². The van der Waals surface area contributed by atoms with Crippen molar-refractivity contribution in [3.05, 3.63) is 134 Å². The van der Waals surface area contributed by atoms with Crippen LogP contribution in [0.5, 0.6) is 11.5 Å². The third-order valence-corrected chi connectivity index (χ3v) is 10.5. The number of nitrogens with one attached hydrogen (secondary N) is 1. The fourth-order valence-corrected chi connectivity index (χ4v) is 8.38. The van der Waals surface area contributed by atoms with Crippen molar-refractivity contribution >= 4 is 62.9 Å². The number of anilines is 1. The zero-order chi connectivity index (χ0) is 31.6. The highest BCUT2D eigenvalue weighted by Crippen LogP contribution is 2.50. The molecule has 6 nitrogen and oxygen atoms in total. The highest BCUT2D eigenvalue weighted by molar-refractivity contribution is 14.1. The van der Waals surface area contributed by atoms with Gasteiger partial charge in [0.25, 0.3) is 5.91 Å². The van der Waals surface area contributed by atoms with Crippen molar-refractivity contribution in [1.29, 1.82) is 0 Å². The van der Waals surface area contributed by atoms with E-state index in [1.807, 2.05) is 18.2 Å². The molecule has 1 fully saturated rings. The molecule has 46 heavy (non-hydrogen) atoms. The molecule has 4 aromatic rings. The first kappa shape index (κ1) is 30.6. The Morgan fingerprint density at radius 1 is 0.978 bits per heavy atom. The summed E-state index contributed by atoms with van der Waals surface area (Å²) < 4.78 is 12.3. The molecular formula is C38H34IN3O3S. The van der Waals surface area contributed by atoms with Crippen LogP contribution in [0.15, 0.2) is 107 Å². The minimum absolute atomic E-state index is 0.167. The Balaban J connectivity index is 1.26. The number of benzene rings is 4. The summed E-state index contributed by atoms with van der Waals surface area (Å²) in [5.74, 6) is 1.68. The maximum absolute atomic E-state index is 13.2. The Morgan fingerprint density at radius 3 is 2.20 bits per heavy atom. The van der Waals surface area contributed by atoms with Gasteiger partial charge in [-0.25, -0.2) is 4.99 Å². The smallest absolute Gasteiger partial charge is 0.264 e. The van der Waals surface area contributed by atoms with Crippen LogP contribution in [0, 0.1) is 3.57 Å². The van der Waals surface area contributed by atoms with Crippen molar-refractivity contribution in [1.82, 2.24) is 5.32 Å². The predicted octanol–water partition coefficient (Wildman–Crippen LogP) is 8.63. The zero-order valence-corrected chi connectivity index (χ0v) is 28.5. The third-order valence-electron chi connectivity index (χ3n) is 8.78.